The summed E-state index contributed by atoms with van der Waals surface area (Å²) in [6.07, 6.45) is 6.01. The van der Waals surface area contributed by atoms with Crippen molar-refractivity contribution in [2.24, 2.45) is 5.73 Å². The van der Waals surface area contributed by atoms with Crippen LogP contribution >= 0.6 is 0 Å². The lowest BCUT2D eigenvalue weighted by Crippen LogP contribution is -2.53. The monoisotopic (exact) mass is 241 g/mol. The summed E-state index contributed by atoms with van der Waals surface area (Å²) in [7, 11) is 0. The molecule has 0 saturated heterocycles. The Kier molecular flexibility index (Phi) is 5.25. The summed E-state index contributed by atoms with van der Waals surface area (Å²) in [4.78, 5) is 14.1. The normalized spacial score (nSPS) is 17.9. The second-order valence-corrected chi connectivity index (χ2v) is 5.95. The van der Waals surface area contributed by atoms with Crippen LogP contribution in [-0.2, 0) is 0 Å². The number of rotatable bonds is 3. The first-order valence-electron chi connectivity index (χ1n) is 6.73. The van der Waals surface area contributed by atoms with E-state index in [4.69, 9.17) is 5.73 Å². The van der Waals surface area contributed by atoms with Gasteiger partial charge in [0.15, 0.2) is 0 Å². The summed E-state index contributed by atoms with van der Waals surface area (Å²) >= 11 is 0. The topological polar surface area (TPSA) is 58.4 Å². The lowest BCUT2D eigenvalue weighted by atomic mass is 9.94. The highest BCUT2D eigenvalue weighted by molar-refractivity contribution is 5.75. The Hall–Kier alpha value is -0.770. The second kappa shape index (κ2) is 6.24. The maximum absolute atomic E-state index is 12.2. The average molecular weight is 241 g/mol. The third-order valence-electron chi connectivity index (χ3n) is 3.13. The van der Waals surface area contributed by atoms with E-state index in [1.54, 1.807) is 0 Å². The van der Waals surface area contributed by atoms with Crippen LogP contribution in [0, 0.1) is 0 Å². The fraction of sp³-hybridized carbons (Fsp3) is 0.923. The van der Waals surface area contributed by atoms with Crippen LogP contribution in [0.25, 0.3) is 0 Å². The first-order valence-corrected chi connectivity index (χ1v) is 6.73. The van der Waals surface area contributed by atoms with E-state index in [0.29, 0.717) is 19.1 Å². The van der Waals surface area contributed by atoms with Gasteiger partial charge in [0, 0.05) is 24.7 Å². The van der Waals surface area contributed by atoms with Crippen LogP contribution in [0.1, 0.15) is 52.9 Å². The maximum Gasteiger partial charge on any atom is 0.318 e. The molecule has 0 aromatic carbocycles. The van der Waals surface area contributed by atoms with E-state index >= 15 is 0 Å². The zero-order valence-corrected chi connectivity index (χ0v) is 11.5. The van der Waals surface area contributed by atoms with Gasteiger partial charge in [0.25, 0.3) is 0 Å². The van der Waals surface area contributed by atoms with E-state index in [9.17, 15) is 4.79 Å². The largest absolute Gasteiger partial charge is 0.333 e. The first kappa shape index (κ1) is 14.3. The zero-order chi connectivity index (χ0) is 12.9. The van der Waals surface area contributed by atoms with Crippen molar-refractivity contribution in [3.8, 4) is 0 Å². The molecule has 100 valence electrons. The fourth-order valence-corrected chi connectivity index (χ4v) is 2.37. The zero-order valence-electron chi connectivity index (χ0n) is 11.5. The molecule has 4 nitrogen and oxygen atoms in total. The van der Waals surface area contributed by atoms with Crippen molar-refractivity contribution in [3.05, 3.63) is 0 Å². The summed E-state index contributed by atoms with van der Waals surface area (Å²) in [6.45, 7) is 7.21. The third kappa shape index (κ3) is 4.94. The Bertz CT molecular complexity index is 242. The second-order valence-electron chi connectivity index (χ2n) is 5.95. The van der Waals surface area contributed by atoms with Crippen molar-refractivity contribution < 1.29 is 4.79 Å². The highest BCUT2D eigenvalue weighted by Gasteiger charge is 2.26. The SMILES string of the molecule is CC(C)(C)NC(=O)N(CCN)C1CCCCC1. The summed E-state index contributed by atoms with van der Waals surface area (Å²) in [5.74, 6) is 0. The van der Waals surface area contributed by atoms with Gasteiger partial charge in [-0.15, -0.1) is 0 Å². The molecule has 0 aliphatic heterocycles. The predicted molar refractivity (Wildman–Crippen MR) is 70.9 cm³/mol. The molecule has 1 fully saturated rings. The number of urea groups is 1. The van der Waals surface area contributed by atoms with E-state index in [-0.39, 0.29) is 11.6 Å². The number of amides is 2. The van der Waals surface area contributed by atoms with Gasteiger partial charge in [0.1, 0.15) is 0 Å². The molecule has 0 heterocycles. The van der Waals surface area contributed by atoms with Crippen molar-refractivity contribution in [1.29, 1.82) is 0 Å². The van der Waals surface area contributed by atoms with E-state index in [0.717, 1.165) is 12.8 Å². The van der Waals surface area contributed by atoms with Gasteiger partial charge in [-0.3, -0.25) is 0 Å². The fourth-order valence-electron chi connectivity index (χ4n) is 2.37. The Morgan fingerprint density at radius 3 is 2.35 bits per heavy atom. The molecule has 0 atom stereocenters. The predicted octanol–water partition coefficient (Wildman–Crippen LogP) is 2.09. The number of nitrogens with two attached hydrogens (primary N) is 1. The minimum atomic E-state index is -0.182. The molecule has 4 heteroatoms. The Morgan fingerprint density at radius 1 is 1.29 bits per heavy atom. The summed E-state index contributed by atoms with van der Waals surface area (Å²) < 4.78 is 0. The average Bonchev–Trinajstić information content (AvgIpc) is 2.24. The number of nitrogens with one attached hydrogen (secondary N) is 1. The molecule has 0 unspecified atom stereocenters. The highest BCUT2D eigenvalue weighted by atomic mass is 16.2. The van der Waals surface area contributed by atoms with Crippen LogP contribution in [0.3, 0.4) is 0 Å². The van der Waals surface area contributed by atoms with E-state index in [2.05, 4.69) is 5.32 Å². The van der Waals surface area contributed by atoms with Crippen molar-refractivity contribution in [2.45, 2.75) is 64.5 Å². The van der Waals surface area contributed by atoms with Crippen molar-refractivity contribution in [2.75, 3.05) is 13.1 Å². The number of carbonyl (C=O) groups excluding carboxylic acids is 1. The number of nitrogens with zero attached hydrogens (tertiary/aromatic N) is 1. The van der Waals surface area contributed by atoms with Crippen LogP contribution in [0.5, 0.6) is 0 Å². The molecule has 2 amide bonds. The molecule has 1 rings (SSSR count). The van der Waals surface area contributed by atoms with E-state index in [1.165, 1.54) is 19.3 Å². The third-order valence-corrected chi connectivity index (χ3v) is 3.13. The van der Waals surface area contributed by atoms with Gasteiger partial charge in [0.2, 0.25) is 0 Å². The Morgan fingerprint density at radius 2 is 1.88 bits per heavy atom. The van der Waals surface area contributed by atoms with Gasteiger partial charge in [-0.25, -0.2) is 4.79 Å². The molecule has 3 N–H and O–H groups in total. The van der Waals surface area contributed by atoms with Gasteiger partial charge >= 0.3 is 6.03 Å². The van der Waals surface area contributed by atoms with Crippen LogP contribution in [0.4, 0.5) is 4.79 Å². The van der Waals surface area contributed by atoms with Crippen LogP contribution in [-0.4, -0.2) is 35.6 Å². The molecule has 0 bridgehead atoms. The van der Waals surface area contributed by atoms with Gasteiger partial charge in [-0.1, -0.05) is 19.3 Å². The first-order chi connectivity index (χ1) is 7.94. The van der Waals surface area contributed by atoms with Gasteiger partial charge in [0.05, 0.1) is 0 Å². The van der Waals surface area contributed by atoms with Crippen molar-refractivity contribution in [3.63, 3.8) is 0 Å². The van der Waals surface area contributed by atoms with Crippen LogP contribution < -0.4 is 11.1 Å². The number of carbonyl (C=O) groups is 1. The maximum atomic E-state index is 12.2. The molecule has 0 aromatic heterocycles. The lowest BCUT2D eigenvalue weighted by molar-refractivity contribution is 0.151. The summed E-state index contributed by atoms with van der Waals surface area (Å²) in [5, 5.41) is 3.03. The van der Waals surface area contributed by atoms with Gasteiger partial charge in [-0.2, -0.15) is 0 Å². The van der Waals surface area contributed by atoms with Crippen molar-refractivity contribution in [1.82, 2.24) is 10.2 Å². The molecule has 0 spiro atoms. The minimum absolute atomic E-state index is 0.0369. The molecular formula is C13H27N3O. The smallest absolute Gasteiger partial charge is 0.318 e. The molecule has 0 aromatic rings. The Labute approximate surface area is 105 Å². The Balaban J connectivity index is 2.60. The molecule has 1 aliphatic rings. The summed E-state index contributed by atoms with van der Waals surface area (Å²) in [6, 6.07) is 0.421. The van der Waals surface area contributed by atoms with E-state index < -0.39 is 0 Å². The van der Waals surface area contributed by atoms with Crippen molar-refractivity contribution >= 4 is 6.03 Å². The van der Waals surface area contributed by atoms with Crippen LogP contribution in [0.15, 0.2) is 0 Å². The quantitative estimate of drug-likeness (QED) is 0.795. The highest BCUT2D eigenvalue weighted by Crippen LogP contribution is 2.22. The standard InChI is InChI=1S/C13H27N3O/c1-13(2,3)15-12(17)16(10-9-14)11-7-5-4-6-8-11/h11H,4-10,14H2,1-3H3,(H,15,17). The van der Waals surface area contributed by atoms with E-state index in [1.807, 2.05) is 25.7 Å². The minimum Gasteiger partial charge on any atom is -0.333 e. The lowest BCUT2D eigenvalue weighted by Gasteiger charge is -2.36. The van der Waals surface area contributed by atoms with Crippen LogP contribution in [0.2, 0.25) is 0 Å². The number of hydrogen-bond acceptors (Lipinski definition) is 2. The number of hydrogen-bond donors (Lipinski definition) is 2. The van der Waals surface area contributed by atoms with Gasteiger partial charge in [-0.05, 0) is 33.6 Å². The molecular weight excluding hydrogens is 214 g/mol. The molecule has 17 heavy (non-hydrogen) atoms. The summed E-state index contributed by atoms with van der Waals surface area (Å²) in [5.41, 5.74) is 5.43. The molecule has 0 radical (unpaired) electrons. The molecule has 1 aliphatic carbocycles. The van der Waals surface area contributed by atoms with Gasteiger partial charge < -0.3 is 16.0 Å². The molecule has 1 saturated carbocycles.